The van der Waals surface area contributed by atoms with Gasteiger partial charge >= 0.3 is 5.97 Å². The number of hydrogen-bond donors (Lipinski definition) is 2. The molecule has 1 fully saturated rings. The Bertz CT molecular complexity index is 888. The summed E-state index contributed by atoms with van der Waals surface area (Å²) in [5.41, 5.74) is 3.16. The Hall–Kier alpha value is -2.53. The first-order valence-corrected chi connectivity index (χ1v) is 11.5. The molecule has 0 radical (unpaired) electrons. The highest BCUT2D eigenvalue weighted by molar-refractivity contribution is 6.30. The van der Waals surface area contributed by atoms with E-state index in [0.717, 1.165) is 29.9 Å². The third kappa shape index (κ3) is 6.73. The maximum Gasteiger partial charge on any atom is 0.335 e. The van der Waals surface area contributed by atoms with Crippen molar-refractivity contribution in [3.8, 4) is 0 Å². The Morgan fingerprint density at radius 3 is 2.23 bits per heavy atom. The smallest absolute Gasteiger partial charge is 0.335 e. The van der Waals surface area contributed by atoms with Crippen LogP contribution < -0.4 is 10.2 Å². The average molecular weight is 443 g/mol. The van der Waals surface area contributed by atoms with Crippen molar-refractivity contribution >= 4 is 29.2 Å². The molecule has 0 spiro atoms. The largest absolute Gasteiger partial charge is 0.478 e. The first kappa shape index (κ1) is 23.1. The first-order chi connectivity index (χ1) is 14.9. The highest BCUT2D eigenvalue weighted by Crippen LogP contribution is 2.31. The zero-order valence-electron chi connectivity index (χ0n) is 18.1. The van der Waals surface area contributed by atoms with Crippen LogP contribution >= 0.6 is 11.6 Å². The average Bonchev–Trinajstić information content (AvgIpc) is 2.88. The van der Waals surface area contributed by atoms with E-state index in [1.54, 1.807) is 12.1 Å². The van der Waals surface area contributed by atoms with Crippen LogP contribution in [0.5, 0.6) is 0 Å². The Labute approximate surface area is 189 Å². The summed E-state index contributed by atoms with van der Waals surface area (Å²) in [6.07, 6.45) is 7.68. The standard InChI is InChI=1S/C25H31ClN2O3/c1-18(27-24(29)16-19-8-10-20(11-9-19)25(30)31)22-17-21(26)12-13-23(22)28-14-6-4-2-3-5-7-15-28/h8-13,17-18H,2-7,14-16H2,1H3,(H,27,29)(H,30,31). The van der Waals surface area contributed by atoms with Gasteiger partial charge in [-0.2, -0.15) is 0 Å². The second-order valence-corrected chi connectivity index (χ2v) is 8.72. The van der Waals surface area contributed by atoms with Gasteiger partial charge in [0.2, 0.25) is 5.91 Å². The molecule has 1 atom stereocenters. The van der Waals surface area contributed by atoms with Crippen molar-refractivity contribution in [2.45, 2.75) is 57.9 Å². The Kier molecular flexibility index (Phi) is 8.35. The minimum absolute atomic E-state index is 0.106. The molecular formula is C25H31ClN2O3. The predicted molar refractivity (Wildman–Crippen MR) is 125 cm³/mol. The van der Waals surface area contributed by atoms with E-state index >= 15 is 0 Å². The van der Waals surface area contributed by atoms with Crippen LogP contribution in [0.3, 0.4) is 0 Å². The van der Waals surface area contributed by atoms with Crippen molar-refractivity contribution in [2.75, 3.05) is 18.0 Å². The maximum atomic E-state index is 12.7. The van der Waals surface area contributed by atoms with Gasteiger partial charge in [0, 0.05) is 23.8 Å². The molecule has 2 aromatic rings. The summed E-state index contributed by atoms with van der Waals surface area (Å²) in [6.45, 7) is 4.02. The second-order valence-electron chi connectivity index (χ2n) is 8.28. The molecule has 0 aliphatic carbocycles. The van der Waals surface area contributed by atoms with Crippen LogP contribution in [0.15, 0.2) is 42.5 Å². The summed E-state index contributed by atoms with van der Waals surface area (Å²) < 4.78 is 0. The molecule has 0 bridgehead atoms. The molecule has 1 aliphatic rings. The number of hydrogen-bond acceptors (Lipinski definition) is 3. The molecule has 0 aromatic heterocycles. The van der Waals surface area contributed by atoms with E-state index in [2.05, 4.69) is 16.3 Å². The van der Waals surface area contributed by atoms with Gasteiger partial charge in [0.1, 0.15) is 0 Å². The lowest BCUT2D eigenvalue weighted by molar-refractivity contribution is -0.121. The van der Waals surface area contributed by atoms with Crippen molar-refractivity contribution < 1.29 is 14.7 Å². The van der Waals surface area contributed by atoms with Gasteiger partial charge in [-0.3, -0.25) is 4.79 Å². The fourth-order valence-electron chi connectivity index (χ4n) is 4.15. The lowest BCUT2D eigenvalue weighted by Gasteiger charge is -2.29. The van der Waals surface area contributed by atoms with Crippen molar-refractivity contribution in [3.05, 3.63) is 64.2 Å². The second kappa shape index (κ2) is 11.2. The molecule has 0 saturated carbocycles. The fraction of sp³-hybridized carbons (Fsp3) is 0.440. The molecule has 2 N–H and O–H groups in total. The van der Waals surface area contributed by atoms with Gasteiger partial charge in [-0.1, -0.05) is 49.4 Å². The van der Waals surface area contributed by atoms with Crippen LogP contribution in [0.1, 0.15) is 73.0 Å². The number of carboxylic acid groups (broad SMARTS) is 1. The molecule has 1 heterocycles. The summed E-state index contributed by atoms with van der Waals surface area (Å²) in [6, 6.07) is 12.2. The number of nitrogens with one attached hydrogen (secondary N) is 1. The van der Waals surface area contributed by atoms with Crippen LogP contribution in [-0.2, 0) is 11.2 Å². The number of carbonyl (C=O) groups is 2. The number of nitrogens with zero attached hydrogens (tertiary/aromatic N) is 1. The van der Waals surface area contributed by atoms with Crippen LogP contribution in [0.2, 0.25) is 5.02 Å². The topological polar surface area (TPSA) is 69.6 Å². The van der Waals surface area contributed by atoms with Gasteiger partial charge in [-0.05, 0) is 61.2 Å². The van der Waals surface area contributed by atoms with Gasteiger partial charge < -0.3 is 15.3 Å². The van der Waals surface area contributed by atoms with Gasteiger partial charge in [-0.25, -0.2) is 4.79 Å². The number of carbonyl (C=O) groups excluding carboxylic acids is 1. The molecular weight excluding hydrogens is 412 g/mol. The number of aromatic carboxylic acids is 1. The van der Waals surface area contributed by atoms with Crippen LogP contribution in [0.25, 0.3) is 0 Å². The number of benzene rings is 2. The summed E-state index contributed by atoms with van der Waals surface area (Å²) in [4.78, 5) is 26.1. The molecule has 3 rings (SSSR count). The number of anilines is 1. The van der Waals surface area contributed by atoms with Crippen LogP contribution in [0, 0.1) is 0 Å². The highest BCUT2D eigenvalue weighted by Gasteiger charge is 2.19. The van der Waals surface area contributed by atoms with Crippen LogP contribution in [-0.4, -0.2) is 30.1 Å². The zero-order valence-corrected chi connectivity index (χ0v) is 18.8. The van der Waals surface area contributed by atoms with Crippen molar-refractivity contribution in [1.82, 2.24) is 5.32 Å². The third-order valence-electron chi connectivity index (χ3n) is 5.85. The predicted octanol–water partition coefficient (Wildman–Crippen LogP) is 5.62. The van der Waals surface area contributed by atoms with Gasteiger partial charge in [0.15, 0.2) is 0 Å². The van der Waals surface area contributed by atoms with Crippen molar-refractivity contribution in [3.63, 3.8) is 0 Å². The molecule has 1 aliphatic heterocycles. The van der Waals surface area contributed by atoms with E-state index in [1.807, 2.05) is 19.1 Å². The molecule has 1 unspecified atom stereocenters. The van der Waals surface area contributed by atoms with E-state index in [-0.39, 0.29) is 23.9 Å². The van der Waals surface area contributed by atoms with E-state index in [9.17, 15) is 9.59 Å². The minimum atomic E-state index is -0.974. The maximum absolute atomic E-state index is 12.7. The molecule has 1 saturated heterocycles. The molecule has 6 heteroatoms. The normalized spacial score (nSPS) is 16.0. The molecule has 31 heavy (non-hydrogen) atoms. The van der Waals surface area contributed by atoms with Gasteiger partial charge in [0.25, 0.3) is 0 Å². The molecule has 1 amide bonds. The summed E-state index contributed by atoms with van der Waals surface area (Å²) in [7, 11) is 0. The SMILES string of the molecule is CC(NC(=O)Cc1ccc(C(=O)O)cc1)c1cc(Cl)ccc1N1CCCCCCCC1. The number of amides is 1. The highest BCUT2D eigenvalue weighted by atomic mass is 35.5. The van der Waals surface area contributed by atoms with E-state index < -0.39 is 5.97 Å². The Morgan fingerprint density at radius 2 is 1.61 bits per heavy atom. The van der Waals surface area contributed by atoms with E-state index in [0.29, 0.717) is 5.02 Å². The molecule has 5 nitrogen and oxygen atoms in total. The van der Waals surface area contributed by atoms with Gasteiger partial charge in [0.05, 0.1) is 18.0 Å². The number of carboxylic acids is 1. The summed E-state index contributed by atoms with van der Waals surface area (Å²) >= 11 is 6.31. The Morgan fingerprint density at radius 1 is 1.00 bits per heavy atom. The fourth-order valence-corrected chi connectivity index (χ4v) is 4.33. The summed E-state index contributed by atoms with van der Waals surface area (Å²) in [5.74, 6) is -1.08. The quantitative estimate of drug-likeness (QED) is 0.609. The van der Waals surface area contributed by atoms with Crippen LogP contribution in [0.4, 0.5) is 5.69 Å². The zero-order chi connectivity index (χ0) is 22.2. The third-order valence-corrected chi connectivity index (χ3v) is 6.08. The first-order valence-electron chi connectivity index (χ1n) is 11.1. The lowest BCUT2D eigenvalue weighted by atomic mass is 10.0. The Balaban J connectivity index is 1.71. The number of halogens is 1. The molecule has 166 valence electrons. The summed E-state index contributed by atoms with van der Waals surface area (Å²) in [5, 5.41) is 12.8. The van der Waals surface area contributed by atoms with E-state index in [1.165, 1.54) is 50.7 Å². The molecule has 2 aromatic carbocycles. The number of rotatable bonds is 6. The van der Waals surface area contributed by atoms with Crippen molar-refractivity contribution in [1.29, 1.82) is 0 Å². The van der Waals surface area contributed by atoms with Crippen molar-refractivity contribution in [2.24, 2.45) is 0 Å². The minimum Gasteiger partial charge on any atom is -0.478 e. The van der Waals surface area contributed by atoms with Gasteiger partial charge in [-0.15, -0.1) is 0 Å². The lowest BCUT2D eigenvalue weighted by Crippen LogP contribution is -2.31. The van der Waals surface area contributed by atoms with E-state index in [4.69, 9.17) is 16.7 Å². The monoisotopic (exact) mass is 442 g/mol.